The van der Waals surface area contributed by atoms with E-state index in [1.165, 1.54) is 0 Å². The monoisotopic (exact) mass is 432 g/mol. The zero-order valence-electron chi connectivity index (χ0n) is 9.70. The fourth-order valence-electron chi connectivity index (χ4n) is 0. The minimum absolute atomic E-state index is 0. The summed E-state index contributed by atoms with van der Waals surface area (Å²) < 4.78 is 0. The van der Waals surface area contributed by atoms with Crippen molar-refractivity contribution in [1.82, 2.24) is 0 Å². The van der Waals surface area contributed by atoms with E-state index >= 15 is 0 Å². The Hall–Kier alpha value is -0.385. The van der Waals surface area contributed by atoms with Gasteiger partial charge in [0, 0.05) is 19.8 Å². The summed E-state index contributed by atoms with van der Waals surface area (Å²) in [6, 6.07) is 0. The Labute approximate surface area is 114 Å². The van der Waals surface area contributed by atoms with Crippen LogP contribution in [0.5, 0.6) is 0 Å². The summed E-state index contributed by atoms with van der Waals surface area (Å²) in [5.74, 6) is 0. The van der Waals surface area contributed by atoms with Gasteiger partial charge in [-0.2, -0.15) is 0 Å². The van der Waals surface area contributed by atoms with Crippen LogP contribution >= 0.6 is 0 Å². The molecule has 0 aliphatic heterocycles. The average molecular weight is 431 g/mol. The van der Waals surface area contributed by atoms with Crippen molar-refractivity contribution in [2.24, 2.45) is 10.7 Å². The van der Waals surface area contributed by atoms with Crippen molar-refractivity contribution in [3.05, 3.63) is 20.2 Å². The Balaban J connectivity index is -0.0000000192. The van der Waals surface area contributed by atoms with Crippen molar-refractivity contribution in [3.8, 4) is 0 Å². The Kier molecular flexibility index (Phi) is 287. The van der Waals surface area contributed by atoms with Crippen molar-refractivity contribution in [2.45, 2.75) is 20.8 Å². The number of aliphatic hydroxyl groups excluding tert-OH is 3. The van der Waals surface area contributed by atoms with Crippen LogP contribution in [0.4, 0.5) is 0 Å². The smallest absolute Gasteiger partial charge is 0.444 e. The summed E-state index contributed by atoms with van der Waals surface area (Å²) in [5.41, 5.74) is 0. The second-order valence-corrected chi connectivity index (χ2v) is 1.10. The molecular weight excluding hydrogens is 413 g/mol. The maximum absolute atomic E-state index is 8.00. The molecule has 0 spiro atoms. The molecule has 0 amide bonds. The Morgan fingerprint density at radius 3 is 0.812 bits per heavy atom. The van der Waals surface area contributed by atoms with Crippen LogP contribution in [0.15, 0.2) is 10.7 Å². The molecule has 0 rings (SSSR count). The van der Waals surface area contributed by atoms with Crippen molar-refractivity contribution in [1.29, 1.82) is 0 Å². The van der Waals surface area contributed by atoms with Gasteiger partial charge in [0.2, 0.25) is 0 Å². The molecule has 0 aromatic heterocycles. The van der Waals surface area contributed by atoms with Crippen LogP contribution < -0.4 is 0 Å². The summed E-state index contributed by atoms with van der Waals surface area (Å²) in [7, 11) is 0. The van der Waals surface area contributed by atoms with Gasteiger partial charge in [-0.3, -0.25) is 0 Å². The second kappa shape index (κ2) is 127. The van der Waals surface area contributed by atoms with E-state index < -0.39 is 0 Å². The van der Waals surface area contributed by atoms with Crippen LogP contribution in [0.2, 0.25) is 0 Å². The SMILES string of the molecule is CCO.CCO.CCO.O=N[O-].O=N[O-].[Hg+2]. The van der Waals surface area contributed by atoms with Gasteiger partial charge in [0.05, 0.1) is 0 Å². The average Bonchev–Trinajstić information content (AvgIpc) is 2.09. The van der Waals surface area contributed by atoms with Crippen LogP contribution in [-0.4, -0.2) is 35.1 Å². The Morgan fingerprint density at radius 2 is 0.812 bits per heavy atom. The van der Waals surface area contributed by atoms with Gasteiger partial charge < -0.3 is 35.5 Å². The molecule has 0 heterocycles. The molecule has 0 saturated heterocycles. The van der Waals surface area contributed by atoms with E-state index in [1.54, 1.807) is 20.8 Å². The topological polar surface area (TPSA) is 166 Å². The molecule has 0 saturated carbocycles. The fourth-order valence-corrected chi connectivity index (χ4v) is 0. The third kappa shape index (κ3) is 14600. The van der Waals surface area contributed by atoms with Gasteiger partial charge >= 0.3 is 27.7 Å². The molecule has 0 fully saturated rings. The quantitative estimate of drug-likeness (QED) is 0.285. The van der Waals surface area contributed by atoms with Crippen LogP contribution in [0.3, 0.4) is 0 Å². The molecule has 0 aliphatic rings. The molecule has 0 aromatic carbocycles. The number of rotatable bonds is 0. The molecule has 9 nitrogen and oxygen atoms in total. The normalized spacial score (nSPS) is 4.88. The van der Waals surface area contributed by atoms with Gasteiger partial charge in [-0.15, -0.1) is 10.7 Å². The van der Waals surface area contributed by atoms with Crippen LogP contribution in [0.25, 0.3) is 0 Å². The van der Waals surface area contributed by atoms with Crippen LogP contribution in [-0.2, 0) is 27.7 Å². The van der Waals surface area contributed by atoms with E-state index in [0.29, 0.717) is 0 Å². The van der Waals surface area contributed by atoms with Gasteiger partial charge in [0.1, 0.15) is 0 Å². The maximum Gasteiger partial charge on any atom is 2.00 e. The number of nitrogens with zero attached hydrogens (tertiary/aromatic N) is 2. The first kappa shape index (κ1) is 36.1. The summed E-state index contributed by atoms with van der Waals surface area (Å²) in [4.78, 5) is 16.0. The number of hydrogen-bond donors (Lipinski definition) is 3. The van der Waals surface area contributed by atoms with E-state index in [9.17, 15) is 0 Å². The predicted molar refractivity (Wildman–Crippen MR) is 56.6 cm³/mol. The van der Waals surface area contributed by atoms with Gasteiger partial charge in [0.25, 0.3) is 0 Å². The van der Waals surface area contributed by atoms with Crippen molar-refractivity contribution >= 4 is 0 Å². The van der Waals surface area contributed by atoms with E-state index in [2.05, 4.69) is 0 Å². The summed E-state index contributed by atoms with van der Waals surface area (Å²) in [5, 5.41) is 40.7. The van der Waals surface area contributed by atoms with E-state index in [1.807, 2.05) is 0 Å². The van der Waals surface area contributed by atoms with E-state index in [4.69, 9.17) is 35.5 Å². The van der Waals surface area contributed by atoms with Crippen molar-refractivity contribution < 1.29 is 43.0 Å². The Bertz CT molecular complexity index is 69.1. The molecule has 96 valence electrons. The zero-order valence-corrected chi connectivity index (χ0v) is 15.2. The van der Waals surface area contributed by atoms with Crippen molar-refractivity contribution in [2.75, 3.05) is 19.8 Å². The van der Waals surface area contributed by atoms with Gasteiger partial charge in [0.15, 0.2) is 0 Å². The van der Waals surface area contributed by atoms with Crippen LogP contribution in [0.1, 0.15) is 20.8 Å². The standard InChI is InChI=1S/3C2H6O.Hg.2HNO2/c3*1-2-3;;2*2-1-3/h3*3H,2H2,1H3;;2*(H,2,3)/q;;;+2;;/p-2. The van der Waals surface area contributed by atoms with E-state index in [0.717, 1.165) is 10.7 Å². The molecule has 0 aliphatic carbocycles. The van der Waals surface area contributed by atoms with Crippen LogP contribution in [0, 0.1) is 20.2 Å². The number of aliphatic hydroxyl groups is 3. The first-order valence-electron chi connectivity index (χ1n) is 3.80. The molecular formula is C6H18HgN2O7. The minimum atomic E-state index is 0. The summed E-state index contributed by atoms with van der Waals surface area (Å²) in [6.07, 6.45) is 0. The Morgan fingerprint density at radius 1 is 0.812 bits per heavy atom. The third-order valence-corrected chi connectivity index (χ3v) is 0. The van der Waals surface area contributed by atoms with Gasteiger partial charge in [-0.1, -0.05) is 0 Å². The molecule has 0 bridgehead atoms. The maximum atomic E-state index is 8.00. The van der Waals surface area contributed by atoms with Gasteiger partial charge in [-0.05, 0) is 20.8 Å². The third-order valence-electron chi connectivity index (χ3n) is 0. The molecule has 0 atom stereocenters. The van der Waals surface area contributed by atoms with Gasteiger partial charge in [-0.25, -0.2) is 0 Å². The molecule has 0 unspecified atom stereocenters. The molecule has 0 radical (unpaired) electrons. The van der Waals surface area contributed by atoms with E-state index in [-0.39, 0.29) is 47.5 Å². The molecule has 10 heteroatoms. The fraction of sp³-hybridized carbons (Fsp3) is 1.00. The summed E-state index contributed by atoms with van der Waals surface area (Å²) >= 11 is 0. The predicted octanol–water partition coefficient (Wildman–Crippen LogP) is 0.494. The zero-order chi connectivity index (χ0) is 13.5. The molecule has 0 aromatic rings. The first-order valence-corrected chi connectivity index (χ1v) is 3.80. The largest absolute Gasteiger partial charge is 2.00 e. The summed E-state index contributed by atoms with van der Waals surface area (Å²) in [6.45, 7) is 5.79. The minimum Gasteiger partial charge on any atom is -0.444 e. The second-order valence-electron chi connectivity index (χ2n) is 1.10. The molecule has 3 N–H and O–H groups in total. The molecule has 16 heavy (non-hydrogen) atoms. The first-order chi connectivity index (χ1) is 7.07. The van der Waals surface area contributed by atoms with Crippen molar-refractivity contribution in [3.63, 3.8) is 0 Å². The number of hydrogen-bond acceptors (Lipinski definition) is 9.